The molecule has 1 aliphatic carbocycles. The molecule has 0 bridgehead atoms. The molecular weight excluding hydrogens is 569 g/mol. The zero-order valence-electron chi connectivity index (χ0n) is 30.0. The van der Waals surface area contributed by atoms with E-state index >= 15 is 0 Å². The van der Waals surface area contributed by atoms with Crippen LogP contribution in [0.1, 0.15) is 154 Å². The molecular formula is C45H60N2. The van der Waals surface area contributed by atoms with Gasteiger partial charge in [0.2, 0.25) is 0 Å². The van der Waals surface area contributed by atoms with Crippen molar-refractivity contribution < 1.29 is 0 Å². The Hall–Kier alpha value is -3.52. The van der Waals surface area contributed by atoms with Gasteiger partial charge in [-0.25, -0.2) is 0 Å². The standard InChI is InChI=1S/C45H60N2/c1-6-7-8-9-10-11-12-13-36-26-28-45(29-27-36,39-18-14-37(15-19-39)34(4)43-24-22-41(46)30-32(43)2)40-20-16-38(17-21-40)35(5)44-25-23-42(47)31-33(44)3/h14-25,30-31,34-36H,6-13,26-29,46-47H2,1-5H3. The normalized spacial score (nSPS) is 19.4. The van der Waals surface area contributed by atoms with E-state index in [0.29, 0.717) is 11.8 Å². The Morgan fingerprint density at radius 2 is 1.02 bits per heavy atom. The predicted octanol–water partition coefficient (Wildman–Crippen LogP) is 12.4. The van der Waals surface area contributed by atoms with E-state index in [4.69, 9.17) is 11.5 Å². The molecule has 4 N–H and O–H groups in total. The molecule has 1 saturated carbocycles. The Bertz CT molecular complexity index is 1450. The minimum Gasteiger partial charge on any atom is -0.399 e. The first-order chi connectivity index (χ1) is 22.7. The van der Waals surface area contributed by atoms with Crippen molar-refractivity contribution in [2.75, 3.05) is 11.5 Å². The van der Waals surface area contributed by atoms with Crippen molar-refractivity contribution in [2.45, 2.75) is 129 Å². The van der Waals surface area contributed by atoms with Crippen LogP contribution in [0.3, 0.4) is 0 Å². The summed E-state index contributed by atoms with van der Waals surface area (Å²) in [7, 11) is 0. The summed E-state index contributed by atoms with van der Waals surface area (Å²) in [6.07, 6.45) is 16.3. The first-order valence-electron chi connectivity index (χ1n) is 18.6. The highest BCUT2D eigenvalue weighted by Gasteiger charge is 2.38. The van der Waals surface area contributed by atoms with Crippen LogP contribution in [0.15, 0.2) is 84.9 Å². The van der Waals surface area contributed by atoms with Crippen molar-refractivity contribution >= 4 is 11.4 Å². The topological polar surface area (TPSA) is 52.0 Å². The Labute approximate surface area is 286 Å². The maximum Gasteiger partial charge on any atom is 0.0316 e. The Morgan fingerprint density at radius 3 is 1.45 bits per heavy atom. The van der Waals surface area contributed by atoms with Crippen molar-refractivity contribution in [3.05, 3.63) is 129 Å². The zero-order valence-corrected chi connectivity index (χ0v) is 30.0. The van der Waals surface area contributed by atoms with E-state index in [1.54, 1.807) is 0 Å². The highest BCUT2D eigenvalue weighted by atomic mass is 14.5. The first kappa shape index (κ1) is 34.8. The zero-order chi connectivity index (χ0) is 33.4. The second kappa shape index (κ2) is 16.1. The molecule has 1 aliphatic rings. The van der Waals surface area contributed by atoms with Crippen molar-refractivity contribution in [2.24, 2.45) is 5.92 Å². The molecule has 250 valence electrons. The van der Waals surface area contributed by atoms with Gasteiger partial charge >= 0.3 is 0 Å². The third kappa shape index (κ3) is 8.32. The fourth-order valence-corrected chi connectivity index (χ4v) is 8.50. The number of nitrogen functional groups attached to an aromatic ring is 2. The smallest absolute Gasteiger partial charge is 0.0316 e. The van der Waals surface area contributed by atoms with Crippen LogP contribution >= 0.6 is 0 Å². The van der Waals surface area contributed by atoms with Crippen LogP contribution in [0.4, 0.5) is 11.4 Å². The number of hydrogen-bond acceptors (Lipinski definition) is 2. The minimum atomic E-state index is 0.0639. The van der Waals surface area contributed by atoms with Gasteiger partial charge in [-0.2, -0.15) is 0 Å². The van der Waals surface area contributed by atoms with Crippen LogP contribution in [-0.2, 0) is 5.41 Å². The third-order valence-corrected chi connectivity index (χ3v) is 11.6. The average Bonchev–Trinajstić information content (AvgIpc) is 3.08. The van der Waals surface area contributed by atoms with Gasteiger partial charge in [-0.1, -0.05) is 133 Å². The molecule has 4 aromatic rings. The maximum atomic E-state index is 6.07. The summed E-state index contributed by atoms with van der Waals surface area (Å²) in [6, 6.07) is 32.0. The third-order valence-electron chi connectivity index (χ3n) is 11.6. The van der Waals surface area contributed by atoms with Crippen LogP contribution < -0.4 is 11.5 Å². The van der Waals surface area contributed by atoms with Crippen LogP contribution in [0.25, 0.3) is 0 Å². The number of anilines is 2. The molecule has 0 radical (unpaired) electrons. The van der Waals surface area contributed by atoms with E-state index in [9.17, 15) is 0 Å². The molecule has 0 saturated heterocycles. The molecule has 47 heavy (non-hydrogen) atoms. The highest BCUT2D eigenvalue weighted by molar-refractivity contribution is 5.50. The molecule has 5 rings (SSSR count). The molecule has 0 spiro atoms. The first-order valence-corrected chi connectivity index (χ1v) is 18.6. The lowest BCUT2D eigenvalue weighted by molar-refractivity contribution is 0.250. The maximum absolute atomic E-state index is 6.07. The molecule has 0 aromatic heterocycles. The summed E-state index contributed by atoms with van der Waals surface area (Å²) in [5.74, 6) is 1.52. The summed E-state index contributed by atoms with van der Waals surface area (Å²) in [4.78, 5) is 0. The van der Waals surface area contributed by atoms with Crippen LogP contribution in [-0.4, -0.2) is 0 Å². The van der Waals surface area contributed by atoms with E-state index in [0.717, 1.165) is 17.3 Å². The minimum absolute atomic E-state index is 0.0639. The Morgan fingerprint density at radius 1 is 0.596 bits per heavy atom. The highest BCUT2D eigenvalue weighted by Crippen LogP contribution is 2.48. The largest absolute Gasteiger partial charge is 0.399 e. The van der Waals surface area contributed by atoms with Gasteiger partial charge in [0.05, 0.1) is 0 Å². The number of nitrogens with two attached hydrogens (primary N) is 2. The molecule has 2 heteroatoms. The molecule has 1 fully saturated rings. The second-order valence-electron chi connectivity index (χ2n) is 14.9. The van der Waals surface area contributed by atoms with E-state index in [-0.39, 0.29) is 5.41 Å². The van der Waals surface area contributed by atoms with Gasteiger partial charge in [0.1, 0.15) is 0 Å². The van der Waals surface area contributed by atoms with Gasteiger partial charge < -0.3 is 11.5 Å². The van der Waals surface area contributed by atoms with Crippen molar-refractivity contribution in [3.8, 4) is 0 Å². The van der Waals surface area contributed by atoms with Gasteiger partial charge in [-0.15, -0.1) is 0 Å². The van der Waals surface area contributed by atoms with E-state index in [1.165, 1.54) is 122 Å². The quantitative estimate of drug-likeness (QED) is 0.108. The van der Waals surface area contributed by atoms with E-state index in [2.05, 4.69) is 107 Å². The van der Waals surface area contributed by atoms with Gasteiger partial charge in [0.15, 0.2) is 0 Å². The van der Waals surface area contributed by atoms with Gasteiger partial charge in [-0.3, -0.25) is 0 Å². The van der Waals surface area contributed by atoms with Crippen LogP contribution in [0, 0.1) is 19.8 Å². The number of benzene rings is 4. The molecule has 2 unspecified atom stereocenters. The fraction of sp³-hybridized carbons (Fsp3) is 0.467. The summed E-state index contributed by atoms with van der Waals surface area (Å²) < 4.78 is 0. The Balaban J connectivity index is 1.36. The average molecular weight is 629 g/mol. The molecule has 0 amide bonds. The van der Waals surface area contributed by atoms with Gasteiger partial charge in [-0.05, 0) is 114 Å². The monoisotopic (exact) mass is 628 g/mol. The summed E-state index contributed by atoms with van der Waals surface area (Å²) in [5.41, 5.74) is 24.8. The molecule has 0 heterocycles. The summed E-state index contributed by atoms with van der Waals surface area (Å²) >= 11 is 0. The summed E-state index contributed by atoms with van der Waals surface area (Å²) in [5, 5.41) is 0. The summed E-state index contributed by atoms with van der Waals surface area (Å²) in [6.45, 7) is 11.3. The lowest BCUT2D eigenvalue weighted by Crippen LogP contribution is -2.33. The van der Waals surface area contributed by atoms with Crippen LogP contribution in [0.2, 0.25) is 0 Å². The second-order valence-corrected chi connectivity index (χ2v) is 14.9. The van der Waals surface area contributed by atoms with E-state index in [1.807, 2.05) is 12.1 Å². The van der Waals surface area contributed by atoms with Crippen molar-refractivity contribution in [3.63, 3.8) is 0 Å². The predicted molar refractivity (Wildman–Crippen MR) is 204 cm³/mol. The lowest BCUT2D eigenvalue weighted by atomic mass is 9.62. The fourth-order valence-electron chi connectivity index (χ4n) is 8.50. The molecule has 2 atom stereocenters. The lowest BCUT2D eigenvalue weighted by Gasteiger charge is -2.42. The van der Waals surface area contributed by atoms with Gasteiger partial charge in [0, 0.05) is 28.6 Å². The number of unbranched alkanes of at least 4 members (excludes halogenated alkanes) is 6. The number of aryl methyl sites for hydroxylation is 2. The SMILES string of the molecule is CCCCCCCCCC1CCC(c2ccc(C(C)c3ccc(N)cc3C)cc2)(c2ccc(C(C)c3ccc(N)cc3C)cc2)CC1. The van der Waals surface area contributed by atoms with Crippen LogP contribution in [0.5, 0.6) is 0 Å². The number of rotatable bonds is 14. The molecule has 0 aliphatic heterocycles. The Kier molecular flexibility index (Phi) is 11.9. The number of hydrogen-bond donors (Lipinski definition) is 2. The molecule has 2 nitrogen and oxygen atoms in total. The van der Waals surface area contributed by atoms with Crippen molar-refractivity contribution in [1.82, 2.24) is 0 Å². The van der Waals surface area contributed by atoms with E-state index < -0.39 is 0 Å². The van der Waals surface area contributed by atoms with Gasteiger partial charge in [0.25, 0.3) is 0 Å². The molecule has 4 aromatic carbocycles. The van der Waals surface area contributed by atoms with Crippen molar-refractivity contribution in [1.29, 1.82) is 0 Å².